The minimum absolute atomic E-state index is 0.0553. The van der Waals surface area contributed by atoms with Gasteiger partial charge in [0, 0.05) is 49.4 Å². The Morgan fingerprint density at radius 3 is 2.25 bits per heavy atom. The van der Waals surface area contributed by atoms with Gasteiger partial charge in [0.05, 0.1) is 11.7 Å². The molecule has 212 valence electrons. The Bertz CT molecular complexity index is 1440. The van der Waals surface area contributed by atoms with Crippen LogP contribution in [0.2, 0.25) is 0 Å². The van der Waals surface area contributed by atoms with E-state index in [1.165, 1.54) is 4.57 Å². The van der Waals surface area contributed by atoms with Gasteiger partial charge in [-0.25, -0.2) is 0 Å². The molecule has 1 aliphatic heterocycles. The number of pyridine rings is 1. The van der Waals surface area contributed by atoms with Crippen molar-refractivity contribution in [2.24, 2.45) is 7.05 Å². The van der Waals surface area contributed by atoms with Gasteiger partial charge in [-0.05, 0) is 88.6 Å². The summed E-state index contributed by atoms with van der Waals surface area (Å²) in [5.41, 5.74) is 3.00. The Balaban J connectivity index is 1.51. The molecule has 1 aromatic heterocycles. The van der Waals surface area contributed by atoms with E-state index in [1.807, 2.05) is 55.1 Å². The number of likely N-dealkylation sites (tertiary alicyclic amines) is 1. The van der Waals surface area contributed by atoms with Gasteiger partial charge in [0.15, 0.2) is 0 Å². The number of aromatic nitrogens is 1. The summed E-state index contributed by atoms with van der Waals surface area (Å²) < 4.78 is 14.6. The number of rotatable bonds is 7. The van der Waals surface area contributed by atoms with Crippen LogP contribution in [0.15, 0.2) is 53.5 Å². The molecule has 0 spiro atoms. The smallest absolute Gasteiger partial charge is 0.254 e. The van der Waals surface area contributed by atoms with Crippen molar-refractivity contribution in [1.82, 2.24) is 9.47 Å². The average Bonchev–Trinajstić information content (AvgIpc) is 3.34. The molecule has 40 heavy (non-hydrogen) atoms. The molecule has 0 unspecified atom stereocenters. The minimum atomic E-state index is -1.07. The first kappa shape index (κ1) is 28.0. The second-order valence-corrected chi connectivity index (χ2v) is 11.8. The van der Waals surface area contributed by atoms with E-state index in [4.69, 9.17) is 9.47 Å². The number of nitrogens with zero attached hydrogens (tertiary/aromatic N) is 2. The predicted molar refractivity (Wildman–Crippen MR) is 156 cm³/mol. The summed E-state index contributed by atoms with van der Waals surface area (Å²) in [7, 11) is 1.72. The number of amides is 1. The van der Waals surface area contributed by atoms with Crippen molar-refractivity contribution in [3.63, 3.8) is 0 Å². The van der Waals surface area contributed by atoms with Crippen LogP contribution < -0.4 is 15.0 Å². The van der Waals surface area contributed by atoms with Gasteiger partial charge in [-0.15, -0.1) is 0 Å². The molecule has 2 heterocycles. The third-order valence-corrected chi connectivity index (χ3v) is 8.28. The molecule has 7 heteroatoms. The lowest BCUT2D eigenvalue weighted by Crippen LogP contribution is -2.40. The van der Waals surface area contributed by atoms with E-state index in [9.17, 15) is 14.7 Å². The molecule has 1 N–H and O–H groups in total. The summed E-state index contributed by atoms with van der Waals surface area (Å²) in [4.78, 5) is 27.1. The molecule has 5 rings (SSSR count). The van der Waals surface area contributed by atoms with Crippen molar-refractivity contribution < 1.29 is 19.4 Å². The van der Waals surface area contributed by atoms with E-state index in [-0.39, 0.29) is 23.6 Å². The highest BCUT2D eigenvalue weighted by Gasteiger charge is 2.32. The Kier molecular flexibility index (Phi) is 7.78. The third kappa shape index (κ3) is 5.80. The molecule has 1 saturated heterocycles. The molecular formula is C33H40N2O5. The van der Waals surface area contributed by atoms with E-state index >= 15 is 0 Å². The average molecular weight is 545 g/mol. The maximum atomic E-state index is 12.8. The molecule has 2 aromatic carbocycles. The zero-order chi connectivity index (χ0) is 28.6. The maximum absolute atomic E-state index is 12.8. The zero-order valence-electron chi connectivity index (χ0n) is 24.2. The fourth-order valence-electron chi connectivity index (χ4n) is 5.90. The molecule has 7 nitrogen and oxygen atoms in total. The highest BCUT2D eigenvalue weighted by molar-refractivity contribution is 5.78. The van der Waals surface area contributed by atoms with Crippen LogP contribution in [0.1, 0.15) is 69.1 Å². The quantitative estimate of drug-likeness (QED) is 0.395. The summed E-state index contributed by atoms with van der Waals surface area (Å²) >= 11 is 0. The lowest BCUT2D eigenvalue weighted by molar-refractivity contribution is -0.130. The fraction of sp³-hybridized carbons (Fsp3) is 0.455. The molecule has 2 fully saturated rings. The number of benzene rings is 2. The zero-order valence-corrected chi connectivity index (χ0v) is 24.2. The molecular weight excluding hydrogens is 504 g/mol. The van der Waals surface area contributed by atoms with Crippen LogP contribution in [0.25, 0.3) is 11.1 Å². The van der Waals surface area contributed by atoms with Crippen LogP contribution >= 0.6 is 0 Å². The first-order chi connectivity index (χ1) is 19.0. The van der Waals surface area contributed by atoms with Crippen LogP contribution in [0.4, 0.5) is 0 Å². The van der Waals surface area contributed by atoms with Crippen LogP contribution in [0, 0.1) is 13.8 Å². The van der Waals surface area contributed by atoms with Crippen molar-refractivity contribution in [1.29, 1.82) is 0 Å². The third-order valence-electron chi connectivity index (χ3n) is 8.28. The maximum Gasteiger partial charge on any atom is 0.254 e. The van der Waals surface area contributed by atoms with Gasteiger partial charge < -0.3 is 24.0 Å². The van der Waals surface area contributed by atoms with Gasteiger partial charge in [0.1, 0.15) is 17.2 Å². The van der Waals surface area contributed by atoms with Crippen molar-refractivity contribution in [2.45, 2.75) is 84.0 Å². The molecule has 3 aromatic rings. The van der Waals surface area contributed by atoms with Crippen LogP contribution in [0.3, 0.4) is 0 Å². The van der Waals surface area contributed by atoms with Gasteiger partial charge >= 0.3 is 0 Å². The molecule has 2 aliphatic rings. The first-order valence-electron chi connectivity index (χ1n) is 14.3. The summed E-state index contributed by atoms with van der Waals surface area (Å²) in [6, 6.07) is 13.5. The number of para-hydroxylation sites is 1. The number of aryl methyl sites for hydroxylation is 3. The Morgan fingerprint density at radius 1 is 0.925 bits per heavy atom. The monoisotopic (exact) mass is 544 g/mol. The van der Waals surface area contributed by atoms with Gasteiger partial charge in [-0.3, -0.25) is 9.59 Å². The Labute approximate surface area is 236 Å². The number of hydrogen-bond acceptors (Lipinski definition) is 5. The van der Waals surface area contributed by atoms with Crippen LogP contribution in [0.5, 0.6) is 17.2 Å². The lowest BCUT2D eigenvalue weighted by Gasteiger charge is -2.35. The highest BCUT2D eigenvalue weighted by atomic mass is 16.5. The van der Waals surface area contributed by atoms with Crippen LogP contribution in [-0.4, -0.2) is 39.2 Å². The molecule has 0 radical (unpaired) electrons. The predicted octanol–water partition coefficient (Wildman–Crippen LogP) is 6.00. The SMILES string of the molecule is Cc1cccc(C)c1Oc1ccc(C(C)(C)O)cc1-c1cn(C)c(=O)cc1O[C@H]1CC[C@H](N2CCCC2=O)CC1. The highest BCUT2D eigenvalue weighted by Crippen LogP contribution is 2.42. The molecule has 0 bridgehead atoms. The van der Waals surface area contributed by atoms with Gasteiger partial charge in [-0.1, -0.05) is 24.3 Å². The van der Waals surface area contributed by atoms with E-state index in [2.05, 4.69) is 0 Å². The van der Waals surface area contributed by atoms with Crippen molar-refractivity contribution >= 4 is 5.91 Å². The summed E-state index contributed by atoms with van der Waals surface area (Å²) in [5.74, 6) is 2.16. The number of carbonyl (C=O) groups excluding carboxylic acids is 1. The first-order valence-corrected chi connectivity index (χ1v) is 14.3. The summed E-state index contributed by atoms with van der Waals surface area (Å²) in [5, 5.41) is 10.8. The van der Waals surface area contributed by atoms with E-state index in [0.29, 0.717) is 17.9 Å². The van der Waals surface area contributed by atoms with E-state index in [0.717, 1.165) is 72.2 Å². The standard InChI is InChI=1S/C33H40N2O5/c1-21-8-6-9-22(2)32(21)40-28-16-11-23(33(3,4)38)18-26(28)27-20-34(5)31(37)19-29(27)39-25-14-12-24(13-15-25)35-17-7-10-30(35)36/h6,8-9,11,16,18-20,24-25,38H,7,10,12-15,17H2,1-5H3/t24-,25-. The Hall–Kier alpha value is -3.58. The van der Waals surface area contributed by atoms with Crippen molar-refractivity contribution in [3.05, 3.63) is 75.7 Å². The van der Waals surface area contributed by atoms with Crippen molar-refractivity contribution in [3.8, 4) is 28.4 Å². The molecule has 1 amide bonds. The largest absolute Gasteiger partial charge is 0.490 e. The Morgan fingerprint density at radius 2 is 1.62 bits per heavy atom. The van der Waals surface area contributed by atoms with E-state index in [1.54, 1.807) is 33.2 Å². The van der Waals surface area contributed by atoms with Gasteiger partial charge in [0.25, 0.3) is 5.56 Å². The second-order valence-electron chi connectivity index (χ2n) is 11.8. The molecule has 1 aliphatic carbocycles. The fourth-order valence-corrected chi connectivity index (χ4v) is 5.90. The topological polar surface area (TPSA) is 81.0 Å². The number of carbonyl (C=O) groups is 1. The number of ether oxygens (including phenoxy) is 2. The molecule has 0 atom stereocenters. The minimum Gasteiger partial charge on any atom is -0.490 e. The van der Waals surface area contributed by atoms with Crippen molar-refractivity contribution in [2.75, 3.05) is 6.54 Å². The number of aliphatic hydroxyl groups is 1. The second kappa shape index (κ2) is 11.1. The lowest BCUT2D eigenvalue weighted by atomic mass is 9.91. The van der Waals surface area contributed by atoms with Crippen LogP contribution in [-0.2, 0) is 17.4 Å². The molecule has 1 saturated carbocycles. The van der Waals surface area contributed by atoms with Gasteiger partial charge in [0.2, 0.25) is 5.91 Å². The van der Waals surface area contributed by atoms with Gasteiger partial charge in [-0.2, -0.15) is 0 Å². The summed E-state index contributed by atoms with van der Waals surface area (Å²) in [6.45, 7) is 8.38. The van der Waals surface area contributed by atoms with E-state index < -0.39 is 5.60 Å². The normalized spacial score (nSPS) is 19.6. The number of hydrogen-bond donors (Lipinski definition) is 1. The summed E-state index contributed by atoms with van der Waals surface area (Å²) in [6.07, 6.45) is 6.76.